The molecule has 0 atom stereocenters. The fraction of sp³-hybridized carbons (Fsp3) is 0.0556. The molecule has 0 saturated heterocycles. The fourth-order valence-corrected chi connectivity index (χ4v) is 6.94. The molecule has 0 unspecified atom stereocenters. The second-order valence-corrected chi connectivity index (χ2v) is 13.7. The SMILES string of the molecule is Nc1ccc(-c2cccs2)cc1NC(=O)c1cccc(CO[PH](=O)OCc2cccc(C(=O)Nc3cc(-c4cccs4)ccc3N)c2)c1. The van der Waals surface area contributed by atoms with Gasteiger partial charge in [-0.05, 0) is 93.7 Å². The Hall–Kier alpha value is -5.03. The van der Waals surface area contributed by atoms with Crippen LogP contribution in [0.15, 0.2) is 120 Å². The number of nitrogens with two attached hydrogens (primary N) is 2. The number of rotatable bonds is 12. The number of amides is 2. The Balaban J connectivity index is 1.01. The van der Waals surface area contributed by atoms with E-state index in [9.17, 15) is 14.2 Å². The third-order valence-corrected chi connectivity index (χ3v) is 9.90. The van der Waals surface area contributed by atoms with Crippen LogP contribution >= 0.6 is 30.9 Å². The molecular formula is C36H31N4O5PS2. The maximum atomic E-state index is 13.1. The summed E-state index contributed by atoms with van der Waals surface area (Å²) in [6.07, 6.45) is 0. The van der Waals surface area contributed by atoms with E-state index in [4.69, 9.17) is 20.5 Å². The Morgan fingerprint density at radius 1 is 0.604 bits per heavy atom. The molecule has 2 aromatic heterocycles. The molecule has 6 N–H and O–H groups in total. The lowest BCUT2D eigenvalue weighted by atomic mass is 10.1. The number of anilines is 4. The summed E-state index contributed by atoms with van der Waals surface area (Å²) in [5.41, 5.74) is 18.2. The van der Waals surface area contributed by atoms with Crippen LogP contribution in [0, 0.1) is 0 Å². The quantitative estimate of drug-likeness (QED) is 0.0739. The van der Waals surface area contributed by atoms with Gasteiger partial charge in [0.05, 0.1) is 36.0 Å². The summed E-state index contributed by atoms with van der Waals surface area (Å²) in [6, 6.07) is 32.6. The first kappa shape index (κ1) is 32.9. The van der Waals surface area contributed by atoms with Crippen molar-refractivity contribution in [3.05, 3.63) is 142 Å². The lowest BCUT2D eigenvalue weighted by Crippen LogP contribution is -2.13. The molecule has 2 heterocycles. The molecule has 0 saturated carbocycles. The molecule has 0 aliphatic carbocycles. The summed E-state index contributed by atoms with van der Waals surface area (Å²) in [7, 11) is -2.89. The van der Waals surface area contributed by atoms with Crippen molar-refractivity contribution in [1.82, 2.24) is 0 Å². The molecule has 48 heavy (non-hydrogen) atoms. The van der Waals surface area contributed by atoms with Crippen molar-refractivity contribution in [2.75, 3.05) is 22.1 Å². The summed E-state index contributed by atoms with van der Waals surface area (Å²) in [5.74, 6) is -0.671. The van der Waals surface area contributed by atoms with Gasteiger partial charge in [-0.2, -0.15) is 0 Å². The molecule has 0 aliphatic rings. The zero-order valence-electron chi connectivity index (χ0n) is 25.5. The third-order valence-electron chi connectivity index (χ3n) is 7.31. The highest BCUT2D eigenvalue weighted by Gasteiger charge is 2.13. The van der Waals surface area contributed by atoms with E-state index in [0.29, 0.717) is 45.0 Å². The maximum absolute atomic E-state index is 13.1. The Labute approximate surface area is 286 Å². The first-order valence-electron chi connectivity index (χ1n) is 14.8. The standard InChI is InChI=1S/C36H31N4O5PS2/c37-29-13-11-25(33-9-3-15-47-33)19-31(29)39-35(41)27-7-1-5-23(17-27)21-44-46(43)45-22-24-6-2-8-28(18-24)36(42)40-32-20-26(12-14-30(32)38)34-10-4-16-48-34/h1-20,46H,21-22,37-38H2,(H,39,41)(H,40,42). The second kappa shape index (κ2) is 15.2. The molecule has 6 aromatic rings. The highest BCUT2D eigenvalue weighted by Crippen LogP contribution is 2.32. The van der Waals surface area contributed by atoms with Gasteiger partial charge >= 0.3 is 8.25 Å². The van der Waals surface area contributed by atoms with Gasteiger partial charge in [0.25, 0.3) is 11.8 Å². The minimum absolute atomic E-state index is 0.0245. The third kappa shape index (κ3) is 8.27. The van der Waals surface area contributed by atoms with E-state index < -0.39 is 8.25 Å². The number of nitrogen functional groups attached to an aromatic ring is 2. The molecule has 0 radical (unpaired) electrons. The van der Waals surface area contributed by atoms with Crippen LogP contribution in [0.25, 0.3) is 20.9 Å². The summed E-state index contributed by atoms with van der Waals surface area (Å²) in [6.45, 7) is -0.0490. The maximum Gasteiger partial charge on any atom is 0.319 e. The lowest BCUT2D eigenvalue weighted by molar-refractivity contribution is 0.101. The second-order valence-electron chi connectivity index (χ2n) is 10.7. The summed E-state index contributed by atoms with van der Waals surface area (Å²) in [4.78, 5) is 28.2. The van der Waals surface area contributed by atoms with Crippen LogP contribution in [0.3, 0.4) is 0 Å². The van der Waals surface area contributed by atoms with Gasteiger partial charge in [0.1, 0.15) is 0 Å². The van der Waals surface area contributed by atoms with Crippen molar-refractivity contribution in [2.24, 2.45) is 0 Å². The molecule has 9 nitrogen and oxygen atoms in total. The zero-order chi connectivity index (χ0) is 33.5. The monoisotopic (exact) mass is 694 g/mol. The molecule has 6 rings (SSSR count). The molecule has 4 aromatic carbocycles. The van der Waals surface area contributed by atoms with Crippen LogP contribution in [-0.4, -0.2) is 11.8 Å². The number of carbonyl (C=O) groups is 2. The topological polar surface area (TPSA) is 146 Å². The first-order valence-corrected chi connectivity index (χ1v) is 17.8. The van der Waals surface area contributed by atoms with Gasteiger partial charge in [0.15, 0.2) is 0 Å². The first-order chi connectivity index (χ1) is 23.3. The van der Waals surface area contributed by atoms with E-state index in [1.54, 1.807) is 83.3 Å². The Bertz CT molecular complexity index is 1940. The van der Waals surface area contributed by atoms with E-state index in [2.05, 4.69) is 10.6 Å². The minimum Gasteiger partial charge on any atom is -0.397 e. The van der Waals surface area contributed by atoms with Gasteiger partial charge in [-0.25, -0.2) is 0 Å². The number of hydrogen-bond donors (Lipinski definition) is 4. The van der Waals surface area contributed by atoms with Crippen molar-refractivity contribution in [2.45, 2.75) is 13.2 Å². The summed E-state index contributed by atoms with van der Waals surface area (Å²) in [5, 5.41) is 9.74. The van der Waals surface area contributed by atoms with Crippen LogP contribution < -0.4 is 22.1 Å². The van der Waals surface area contributed by atoms with Crippen LogP contribution in [-0.2, 0) is 26.8 Å². The van der Waals surface area contributed by atoms with Crippen LogP contribution in [0.5, 0.6) is 0 Å². The van der Waals surface area contributed by atoms with E-state index >= 15 is 0 Å². The smallest absolute Gasteiger partial charge is 0.319 e. The molecule has 0 spiro atoms. The largest absolute Gasteiger partial charge is 0.397 e. The average Bonchev–Trinajstić information content (AvgIpc) is 3.85. The Morgan fingerprint density at radius 3 is 1.48 bits per heavy atom. The van der Waals surface area contributed by atoms with Gasteiger partial charge in [-0.1, -0.05) is 48.5 Å². The molecule has 0 aliphatic heterocycles. The predicted octanol–water partition coefficient (Wildman–Crippen LogP) is 8.94. The van der Waals surface area contributed by atoms with E-state index in [0.717, 1.165) is 20.9 Å². The number of thiophene rings is 2. The van der Waals surface area contributed by atoms with Gasteiger partial charge in [-0.15, -0.1) is 22.7 Å². The van der Waals surface area contributed by atoms with Crippen LogP contribution in [0.4, 0.5) is 22.7 Å². The lowest BCUT2D eigenvalue weighted by Gasteiger charge is -2.12. The normalized spacial score (nSPS) is 11.0. The number of carbonyl (C=O) groups excluding carboxylic acids is 2. The summed E-state index contributed by atoms with van der Waals surface area (Å²) >= 11 is 3.20. The van der Waals surface area contributed by atoms with Crippen molar-refractivity contribution >= 4 is 65.5 Å². The van der Waals surface area contributed by atoms with Crippen molar-refractivity contribution in [1.29, 1.82) is 0 Å². The fourth-order valence-electron chi connectivity index (χ4n) is 4.84. The zero-order valence-corrected chi connectivity index (χ0v) is 28.1. The summed E-state index contributed by atoms with van der Waals surface area (Å²) < 4.78 is 23.5. The van der Waals surface area contributed by atoms with Crippen molar-refractivity contribution < 1.29 is 23.2 Å². The molecule has 0 fully saturated rings. The average molecular weight is 695 g/mol. The predicted molar refractivity (Wildman–Crippen MR) is 196 cm³/mol. The highest BCUT2D eigenvalue weighted by molar-refractivity contribution is 7.33. The molecule has 0 bridgehead atoms. The Kier molecular flexibility index (Phi) is 10.4. The van der Waals surface area contributed by atoms with Gasteiger partial charge in [0.2, 0.25) is 0 Å². The van der Waals surface area contributed by atoms with Gasteiger partial charge in [0, 0.05) is 20.9 Å². The van der Waals surface area contributed by atoms with E-state index in [1.807, 2.05) is 59.3 Å². The number of hydrogen-bond acceptors (Lipinski definition) is 9. The molecule has 12 heteroatoms. The number of nitrogens with one attached hydrogen (secondary N) is 2. The molecule has 2 amide bonds. The van der Waals surface area contributed by atoms with Gasteiger partial charge < -0.3 is 31.1 Å². The molecule has 242 valence electrons. The molecular weight excluding hydrogens is 664 g/mol. The van der Waals surface area contributed by atoms with E-state index in [-0.39, 0.29) is 25.0 Å². The number of benzene rings is 4. The van der Waals surface area contributed by atoms with Crippen molar-refractivity contribution in [3.63, 3.8) is 0 Å². The van der Waals surface area contributed by atoms with Crippen LogP contribution in [0.2, 0.25) is 0 Å². The van der Waals surface area contributed by atoms with E-state index in [1.165, 1.54) is 0 Å². The van der Waals surface area contributed by atoms with Crippen LogP contribution in [0.1, 0.15) is 31.8 Å². The minimum atomic E-state index is -2.89. The van der Waals surface area contributed by atoms with Crippen molar-refractivity contribution in [3.8, 4) is 20.9 Å². The highest BCUT2D eigenvalue weighted by atomic mass is 32.1. The van der Waals surface area contributed by atoms with Gasteiger partial charge in [-0.3, -0.25) is 14.2 Å². The Morgan fingerprint density at radius 2 is 1.06 bits per heavy atom.